The molecular formula is C63H76F3N15O8. The molecule has 0 unspecified atom stereocenters. The van der Waals surface area contributed by atoms with Gasteiger partial charge in [0.25, 0.3) is 11.8 Å². The quantitative estimate of drug-likeness (QED) is 0.0980. The van der Waals surface area contributed by atoms with E-state index in [-0.39, 0.29) is 92.0 Å². The standard InChI is InChI=1S/C63H76F3N15O8/c1-61-27-47-45(24-50(61)63(61,65)66)58(72-71-47)59(87)70-41-29-69-80(32-41)42-14-20-78(21-15-42)60(88)38-12-16-76(17-13-38)31-37-10-18-77(19-11-37)52(83)8-9-53(84)79-35-62(36-79)25-40(26-62)57-56-43(44-23-49-39(22-46(44)64)28-68-75(49)3)6-5-7-48(56)81(73-57)34-54(85)74(2)33-51(82)67-30-55(86)89-4/h5-7,22-23,28-29,32,37-38,40,42,50H,8-21,24-27,30-31,33-36H2,1-4H3,(H,67,82)(H,70,87)(H,71,72)/t50-,61+/m1/s1. The van der Waals surface area contributed by atoms with E-state index in [1.807, 2.05) is 31.5 Å². The summed E-state index contributed by atoms with van der Waals surface area (Å²) in [5, 5.41) is 27.6. The second kappa shape index (κ2) is 23.3. The highest BCUT2D eigenvalue weighted by molar-refractivity contribution is 6.04. The third-order valence-electron chi connectivity index (χ3n) is 20.8. The Morgan fingerprint density at radius 3 is 2.30 bits per heavy atom. The van der Waals surface area contributed by atoms with Crippen molar-refractivity contribution in [3.63, 3.8) is 0 Å². The highest BCUT2D eigenvalue weighted by Gasteiger charge is 2.78. The Hall–Kier alpha value is -8.16. The van der Waals surface area contributed by atoms with Crippen LogP contribution >= 0.6 is 0 Å². The number of halogens is 3. The van der Waals surface area contributed by atoms with Crippen LogP contribution in [0.15, 0.2) is 48.9 Å². The summed E-state index contributed by atoms with van der Waals surface area (Å²) in [6.45, 7) is 7.08. The van der Waals surface area contributed by atoms with Crippen molar-refractivity contribution in [3.8, 4) is 11.1 Å². The number of aromatic amines is 1. The van der Waals surface area contributed by atoms with Gasteiger partial charge in [-0.15, -0.1) is 0 Å². The van der Waals surface area contributed by atoms with Crippen molar-refractivity contribution in [2.24, 2.45) is 35.6 Å². The van der Waals surface area contributed by atoms with Gasteiger partial charge in [-0.05, 0) is 101 Å². The first-order chi connectivity index (χ1) is 42.7. The highest BCUT2D eigenvalue weighted by Crippen LogP contribution is 2.70. The summed E-state index contributed by atoms with van der Waals surface area (Å²) in [7, 11) is 4.50. The van der Waals surface area contributed by atoms with E-state index in [9.17, 15) is 42.3 Å². The monoisotopic (exact) mass is 1230 g/mol. The van der Waals surface area contributed by atoms with Crippen molar-refractivity contribution in [1.29, 1.82) is 0 Å². The second-order valence-corrected chi connectivity index (χ2v) is 26.5. The molecule has 3 aliphatic carbocycles. The van der Waals surface area contributed by atoms with Gasteiger partial charge in [0.1, 0.15) is 18.9 Å². The third kappa shape index (κ3) is 11.3. The molecule has 472 valence electrons. The molecule has 7 aliphatic rings. The Balaban J connectivity index is 0.535. The number of likely N-dealkylation sites (tertiary alicyclic amines) is 4. The summed E-state index contributed by atoms with van der Waals surface area (Å²) in [4.78, 5) is 101. The van der Waals surface area contributed by atoms with Crippen molar-refractivity contribution in [3.05, 3.63) is 77.4 Å². The van der Waals surface area contributed by atoms with E-state index in [1.165, 1.54) is 25.1 Å². The number of alkyl halides is 2. The van der Waals surface area contributed by atoms with Gasteiger partial charge in [-0.2, -0.15) is 20.4 Å². The Morgan fingerprint density at radius 1 is 0.854 bits per heavy atom. The maximum absolute atomic E-state index is 16.1. The number of ether oxygens (including phenoxy) is 1. The molecule has 4 saturated heterocycles. The summed E-state index contributed by atoms with van der Waals surface area (Å²) in [5.74, 6) is -5.42. The van der Waals surface area contributed by atoms with Crippen LogP contribution in [0.5, 0.6) is 0 Å². The number of hydrogen-bond donors (Lipinski definition) is 3. The van der Waals surface area contributed by atoms with Gasteiger partial charge in [0.15, 0.2) is 5.69 Å². The van der Waals surface area contributed by atoms with Crippen LogP contribution in [-0.4, -0.2) is 198 Å². The fourth-order valence-corrected chi connectivity index (χ4v) is 15.3. The molecule has 26 heteroatoms. The number of H-pyrrole nitrogens is 1. The van der Waals surface area contributed by atoms with Crippen LogP contribution in [0.25, 0.3) is 32.9 Å². The highest BCUT2D eigenvalue weighted by atomic mass is 19.3. The van der Waals surface area contributed by atoms with Crippen LogP contribution in [0.3, 0.4) is 0 Å². The molecule has 2 saturated carbocycles. The molecule has 0 bridgehead atoms. The van der Waals surface area contributed by atoms with Gasteiger partial charge in [0.2, 0.25) is 29.5 Å². The summed E-state index contributed by atoms with van der Waals surface area (Å²) < 4.78 is 54.7. The predicted molar refractivity (Wildman–Crippen MR) is 318 cm³/mol. The number of aromatic nitrogens is 8. The molecule has 4 aliphatic heterocycles. The smallest absolute Gasteiger partial charge is 0.325 e. The minimum absolute atomic E-state index is 0.00434. The van der Waals surface area contributed by atoms with Gasteiger partial charge in [-0.1, -0.05) is 19.1 Å². The lowest BCUT2D eigenvalue weighted by Gasteiger charge is -2.59. The van der Waals surface area contributed by atoms with Gasteiger partial charge < -0.3 is 39.9 Å². The average molecular weight is 1230 g/mol. The van der Waals surface area contributed by atoms with Crippen molar-refractivity contribution in [2.75, 3.05) is 91.5 Å². The van der Waals surface area contributed by atoms with Gasteiger partial charge in [0.05, 0.1) is 54.5 Å². The van der Waals surface area contributed by atoms with Gasteiger partial charge >= 0.3 is 5.97 Å². The van der Waals surface area contributed by atoms with Crippen LogP contribution in [0.1, 0.15) is 111 Å². The number of hydrogen-bond acceptors (Lipinski definition) is 13. The summed E-state index contributed by atoms with van der Waals surface area (Å²) >= 11 is 0. The van der Waals surface area contributed by atoms with Crippen LogP contribution in [0.2, 0.25) is 0 Å². The van der Waals surface area contributed by atoms with E-state index in [1.54, 1.807) is 54.1 Å². The average Bonchev–Trinajstić information content (AvgIpc) is 1.58. The summed E-state index contributed by atoms with van der Waals surface area (Å²) in [5.41, 5.74) is 3.71. The van der Waals surface area contributed by atoms with Crippen molar-refractivity contribution < 1.29 is 51.5 Å². The number of amides is 6. The largest absolute Gasteiger partial charge is 0.468 e. The van der Waals surface area contributed by atoms with Crippen molar-refractivity contribution in [2.45, 2.75) is 108 Å². The Kier molecular flexibility index (Phi) is 15.7. The zero-order chi connectivity index (χ0) is 62.3. The molecule has 1 spiro atoms. The number of nitrogens with zero attached hydrogens (tertiary/aromatic N) is 12. The molecule has 23 nitrogen and oxygen atoms in total. The zero-order valence-electron chi connectivity index (χ0n) is 50.7. The molecule has 2 atom stereocenters. The van der Waals surface area contributed by atoms with E-state index in [0.717, 1.165) is 87.6 Å². The number of fused-ring (bicyclic) bond motifs is 4. The number of esters is 1. The molecule has 2 aromatic carbocycles. The molecule has 6 aromatic rings. The molecule has 0 radical (unpaired) electrons. The van der Waals surface area contributed by atoms with Crippen LogP contribution in [0, 0.1) is 34.4 Å². The van der Waals surface area contributed by atoms with Crippen LogP contribution in [-0.2, 0) is 59.9 Å². The SMILES string of the molecule is COC(=O)CNC(=O)CN(C)C(=O)Cn1nc(C2CC3(C2)CN(C(=O)CCC(=O)N2CCC(CN4CCC(C(=O)N5CCC(n6cc(NC(=O)c7n[nH]c8c7C[C@H]7C(F)(F)[C@@]7(C)C8)cn6)CC5)CC4)CC2)C3)c2c(-c3cc4c(cnn4C)cc3F)cccc21. The lowest BCUT2D eigenvalue weighted by molar-refractivity contribution is -0.153. The van der Waals surface area contributed by atoms with Crippen LogP contribution < -0.4 is 10.6 Å². The van der Waals surface area contributed by atoms with Crippen molar-refractivity contribution in [1.82, 2.24) is 69.4 Å². The zero-order valence-corrected chi connectivity index (χ0v) is 50.7. The van der Waals surface area contributed by atoms with E-state index in [0.29, 0.717) is 84.2 Å². The first-order valence-electron chi connectivity index (χ1n) is 31.2. The molecule has 8 heterocycles. The number of likely N-dealkylation sites (N-methyl/N-ethyl adjacent to an activating group) is 1. The van der Waals surface area contributed by atoms with Gasteiger partial charge in [-0.3, -0.25) is 52.7 Å². The Labute approximate surface area is 511 Å². The number of rotatable bonds is 17. The van der Waals surface area contributed by atoms with E-state index in [4.69, 9.17) is 5.10 Å². The normalized spacial score (nSPS) is 21.9. The minimum Gasteiger partial charge on any atom is -0.468 e. The molecule has 89 heavy (non-hydrogen) atoms. The third-order valence-corrected chi connectivity index (χ3v) is 20.8. The minimum atomic E-state index is -2.75. The van der Waals surface area contributed by atoms with Gasteiger partial charge in [0, 0.05) is 142 Å². The molecule has 13 rings (SSSR count). The first-order valence-corrected chi connectivity index (χ1v) is 31.2. The van der Waals surface area contributed by atoms with E-state index >= 15 is 4.39 Å². The molecule has 6 fully saturated rings. The molecule has 4 aromatic heterocycles. The number of anilines is 1. The topological polar surface area (TPSA) is 251 Å². The number of benzene rings is 2. The lowest BCUT2D eigenvalue weighted by Crippen LogP contribution is -2.63. The number of carbonyl (C=O) groups excluding carboxylic acids is 7. The number of carbonyl (C=O) groups is 7. The molecule has 6 amide bonds. The van der Waals surface area contributed by atoms with E-state index in [2.05, 4.69) is 40.7 Å². The maximum Gasteiger partial charge on any atom is 0.325 e. The fraction of sp³-hybridized carbons (Fsp3) is 0.571. The number of aryl methyl sites for hydroxylation is 1. The Bertz CT molecular complexity index is 3780. The first kappa shape index (κ1) is 59.8. The number of nitrogens with one attached hydrogen (secondary N) is 3. The maximum atomic E-state index is 16.1. The molecule has 3 N–H and O–H groups in total. The lowest BCUT2D eigenvalue weighted by atomic mass is 9.56. The second-order valence-electron chi connectivity index (χ2n) is 26.5. The van der Waals surface area contributed by atoms with Crippen molar-refractivity contribution >= 4 is 68.9 Å². The fourth-order valence-electron chi connectivity index (χ4n) is 15.3. The number of piperidine rings is 3. The summed E-state index contributed by atoms with van der Waals surface area (Å²) in [6.07, 6.45) is 11.9. The predicted octanol–water partition coefficient (Wildman–Crippen LogP) is 5.32. The van der Waals surface area contributed by atoms with E-state index < -0.39 is 46.8 Å². The summed E-state index contributed by atoms with van der Waals surface area (Å²) in [6, 6.07) is 8.82. The van der Waals surface area contributed by atoms with Gasteiger partial charge in [-0.25, -0.2) is 13.2 Å². The number of methoxy groups -OCH3 is 1. The van der Waals surface area contributed by atoms with Crippen LogP contribution in [0.4, 0.5) is 18.9 Å². The Morgan fingerprint density at radius 2 is 1.57 bits per heavy atom. The molecular weight excluding hydrogens is 1150 g/mol.